The van der Waals surface area contributed by atoms with Crippen LogP contribution in [0.15, 0.2) is 22.7 Å². The van der Waals surface area contributed by atoms with Gasteiger partial charge < -0.3 is 10.2 Å². The summed E-state index contributed by atoms with van der Waals surface area (Å²) in [7, 11) is 0. The average Bonchev–Trinajstić information content (AvgIpc) is 2.63. The molecule has 0 radical (unpaired) electrons. The van der Waals surface area contributed by atoms with Gasteiger partial charge in [0.1, 0.15) is 0 Å². The second kappa shape index (κ2) is 6.06. The fraction of sp³-hybridized carbons (Fsp3) is 0.467. The Balaban J connectivity index is 2.17. The number of Topliss-reactive ketones (excluding diaryl/α,β-unsaturated/α-hetero) is 1. The van der Waals surface area contributed by atoms with Crippen molar-refractivity contribution in [1.82, 2.24) is 5.32 Å². The molecular formula is C15H19BrN2O2. The van der Waals surface area contributed by atoms with Gasteiger partial charge in [-0.3, -0.25) is 9.59 Å². The Hall–Kier alpha value is -1.20. The molecule has 1 N–H and O–H groups in total. The summed E-state index contributed by atoms with van der Waals surface area (Å²) in [6.07, 6.45) is 0. The highest BCUT2D eigenvalue weighted by atomic mass is 79.9. The number of carbonyl (C=O) groups is 2. The topological polar surface area (TPSA) is 49.4 Å². The van der Waals surface area contributed by atoms with Crippen LogP contribution in [0, 0.1) is 5.92 Å². The van der Waals surface area contributed by atoms with E-state index < -0.39 is 11.7 Å². The van der Waals surface area contributed by atoms with Crippen molar-refractivity contribution >= 4 is 33.3 Å². The zero-order valence-electron chi connectivity index (χ0n) is 11.9. The van der Waals surface area contributed by atoms with Crippen LogP contribution < -0.4 is 10.2 Å². The average molecular weight is 339 g/mol. The van der Waals surface area contributed by atoms with Crippen LogP contribution in [0.3, 0.4) is 0 Å². The van der Waals surface area contributed by atoms with Crippen molar-refractivity contribution in [3.8, 4) is 0 Å². The molecule has 1 heterocycles. The van der Waals surface area contributed by atoms with E-state index in [4.69, 9.17) is 0 Å². The van der Waals surface area contributed by atoms with Gasteiger partial charge in [0, 0.05) is 17.1 Å². The van der Waals surface area contributed by atoms with Crippen molar-refractivity contribution in [1.29, 1.82) is 0 Å². The highest BCUT2D eigenvalue weighted by Gasteiger charge is 2.37. The maximum Gasteiger partial charge on any atom is 0.299 e. The Morgan fingerprint density at radius 1 is 1.25 bits per heavy atom. The highest BCUT2D eigenvalue weighted by Crippen LogP contribution is 2.36. The second-order valence-corrected chi connectivity index (χ2v) is 6.40. The van der Waals surface area contributed by atoms with E-state index >= 15 is 0 Å². The minimum Gasteiger partial charge on any atom is -0.314 e. The van der Waals surface area contributed by atoms with Crippen LogP contribution in [-0.2, 0) is 4.79 Å². The lowest BCUT2D eigenvalue weighted by Crippen LogP contribution is -2.38. The number of nitrogens with zero attached hydrogens (tertiary/aromatic N) is 1. The quantitative estimate of drug-likeness (QED) is 0.839. The van der Waals surface area contributed by atoms with E-state index in [1.165, 1.54) is 0 Å². The Labute approximate surface area is 127 Å². The van der Waals surface area contributed by atoms with Crippen LogP contribution in [0.2, 0.25) is 0 Å². The molecule has 1 amide bonds. The van der Waals surface area contributed by atoms with Gasteiger partial charge in [-0.25, -0.2) is 0 Å². The predicted molar refractivity (Wildman–Crippen MR) is 83.1 cm³/mol. The summed E-state index contributed by atoms with van der Waals surface area (Å²) in [4.78, 5) is 25.7. The number of amides is 1. The van der Waals surface area contributed by atoms with Crippen LogP contribution in [0.4, 0.5) is 5.69 Å². The highest BCUT2D eigenvalue weighted by molar-refractivity contribution is 9.10. The number of halogens is 1. The van der Waals surface area contributed by atoms with E-state index in [1.807, 2.05) is 6.07 Å². The standard InChI is InChI=1S/C15H19BrN2O2/c1-9(2)17-7-10(3)8-18-13-11(14(19)15(18)20)5-4-6-12(13)16/h4-6,9-10,17H,7-8H2,1-3H3. The van der Waals surface area contributed by atoms with Crippen molar-refractivity contribution < 1.29 is 9.59 Å². The molecule has 20 heavy (non-hydrogen) atoms. The van der Waals surface area contributed by atoms with E-state index in [1.54, 1.807) is 17.0 Å². The van der Waals surface area contributed by atoms with E-state index in [0.717, 1.165) is 11.0 Å². The van der Waals surface area contributed by atoms with Crippen LogP contribution >= 0.6 is 15.9 Å². The minimum absolute atomic E-state index is 0.271. The largest absolute Gasteiger partial charge is 0.314 e. The number of benzene rings is 1. The van der Waals surface area contributed by atoms with Crippen LogP contribution in [-0.4, -0.2) is 30.8 Å². The Morgan fingerprint density at radius 3 is 2.60 bits per heavy atom. The Kier molecular flexibility index (Phi) is 4.60. The number of hydrogen-bond acceptors (Lipinski definition) is 3. The predicted octanol–water partition coefficient (Wildman–Crippen LogP) is 2.61. The molecule has 4 nitrogen and oxygen atoms in total. The van der Waals surface area contributed by atoms with Crippen molar-refractivity contribution in [3.05, 3.63) is 28.2 Å². The van der Waals surface area contributed by atoms with Gasteiger partial charge >= 0.3 is 0 Å². The van der Waals surface area contributed by atoms with Gasteiger partial charge in [0.2, 0.25) is 0 Å². The molecule has 1 unspecified atom stereocenters. The molecule has 0 bridgehead atoms. The SMILES string of the molecule is CC(CNC(C)C)CN1C(=O)C(=O)c2cccc(Br)c21. The smallest absolute Gasteiger partial charge is 0.299 e. The van der Waals surface area contributed by atoms with Gasteiger partial charge in [-0.05, 0) is 40.5 Å². The van der Waals surface area contributed by atoms with Crippen molar-refractivity contribution in [3.63, 3.8) is 0 Å². The third-order valence-electron chi connectivity index (χ3n) is 3.31. The molecule has 0 aliphatic carbocycles. The monoisotopic (exact) mass is 338 g/mol. The van der Waals surface area contributed by atoms with Crippen LogP contribution in [0.1, 0.15) is 31.1 Å². The molecule has 1 atom stereocenters. The normalized spacial score (nSPS) is 15.9. The number of carbonyl (C=O) groups excluding carboxylic acids is 2. The first kappa shape index (κ1) is 15.2. The molecule has 0 aromatic heterocycles. The fourth-order valence-electron chi connectivity index (χ4n) is 2.30. The lowest BCUT2D eigenvalue weighted by molar-refractivity contribution is -0.114. The maximum atomic E-state index is 12.1. The number of ketones is 1. The first-order chi connectivity index (χ1) is 9.41. The number of anilines is 1. The van der Waals surface area contributed by atoms with Crippen molar-refractivity contribution in [2.45, 2.75) is 26.8 Å². The first-order valence-corrected chi connectivity index (χ1v) is 7.59. The minimum atomic E-state index is -0.428. The van der Waals surface area contributed by atoms with Gasteiger partial charge in [-0.1, -0.05) is 26.8 Å². The van der Waals surface area contributed by atoms with Gasteiger partial charge in [-0.2, -0.15) is 0 Å². The number of para-hydroxylation sites is 1. The number of nitrogens with one attached hydrogen (secondary N) is 1. The van der Waals surface area contributed by atoms with Gasteiger partial charge in [0.05, 0.1) is 11.3 Å². The summed E-state index contributed by atoms with van der Waals surface area (Å²) < 4.78 is 0.790. The van der Waals surface area contributed by atoms with E-state index in [-0.39, 0.29) is 5.92 Å². The summed E-state index contributed by atoms with van der Waals surface area (Å²) in [5.74, 6) is -0.569. The Morgan fingerprint density at radius 2 is 1.95 bits per heavy atom. The molecule has 0 fully saturated rings. The number of fused-ring (bicyclic) bond motifs is 1. The zero-order valence-corrected chi connectivity index (χ0v) is 13.5. The molecule has 1 aliphatic rings. The van der Waals surface area contributed by atoms with Crippen molar-refractivity contribution in [2.24, 2.45) is 5.92 Å². The molecule has 0 spiro atoms. The van der Waals surface area contributed by atoms with Crippen LogP contribution in [0.5, 0.6) is 0 Å². The van der Waals surface area contributed by atoms with Gasteiger partial charge in [-0.15, -0.1) is 0 Å². The van der Waals surface area contributed by atoms with E-state index in [0.29, 0.717) is 23.8 Å². The summed E-state index contributed by atoms with van der Waals surface area (Å²) in [5.41, 5.74) is 1.20. The molecule has 1 aromatic carbocycles. The lowest BCUT2D eigenvalue weighted by Gasteiger charge is -2.23. The molecule has 5 heteroatoms. The third kappa shape index (κ3) is 2.94. The molecule has 2 rings (SSSR count). The van der Waals surface area contributed by atoms with Gasteiger partial charge in [0.25, 0.3) is 11.7 Å². The molecule has 0 saturated carbocycles. The van der Waals surface area contributed by atoms with Crippen LogP contribution in [0.25, 0.3) is 0 Å². The summed E-state index contributed by atoms with van der Waals surface area (Å²) in [5, 5.41) is 3.35. The number of hydrogen-bond donors (Lipinski definition) is 1. The van der Waals surface area contributed by atoms with E-state index in [9.17, 15) is 9.59 Å². The summed E-state index contributed by atoms with van der Waals surface area (Å²) in [6, 6.07) is 5.75. The first-order valence-electron chi connectivity index (χ1n) is 6.80. The fourth-order valence-corrected chi connectivity index (χ4v) is 2.88. The van der Waals surface area contributed by atoms with Gasteiger partial charge in [0.15, 0.2) is 0 Å². The maximum absolute atomic E-state index is 12.1. The molecule has 108 valence electrons. The second-order valence-electron chi connectivity index (χ2n) is 5.55. The summed E-state index contributed by atoms with van der Waals surface area (Å²) in [6.45, 7) is 7.60. The van der Waals surface area contributed by atoms with Crippen molar-refractivity contribution in [2.75, 3.05) is 18.0 Å². The molecular weight excluding hydrogens is 320 g/mol. The molecule has 1 aliphatic heterocycles. The number of rotatable bonds is 5. The molecule has 0 saturated heterocycles. The van der Waals surface area contributed by atoms with E-state index in [2.05, 4.69) is 42.0 Å². The summed E-state index contributed by atoms with van der Waals surface area (Å²) >= 11 is 3.43. The Bertz CT molecular complexity index is 543. The molecule has 1 aromatic rings. The third-order valence-corrected chi connectivity index (χ3v) is 3.95. The zero-order chi connectivity index (χ0) is 14.9. The lowest BCUT2D eigenvalue weighted by atomic mass is 10.1.